The summed E-state index contributed by atoms with van der Waals surface area (Å²) in [5.74, 6) is 0.639. The van der Waals surface area contributed by atoms with Gasteiger partial charge in [-0.05, 0) is 36.4 Å². The molecule has 0 spiro atoms. The molecule has 0 aliphatic carbocycles. The fourth-order valence-electron chi connectivity index (χ4n) is 4.15. The number of anilines is 1. The van der Waals surface area contributed by atoms with E-state index in [0.717, 1.165) is 39.6 Å². The zero-order valence-corrected chi connectivity index (χ0v) is 20.2. The number of rotatable bonds is 6. The van der Waals surface area contributed by atoms with E-state index in [2.05, 4.69) is 20.2 Å². The minimum Gasteiger partial charge on any atom is -0.439 e. The standard InChI is InChI=1S/C27H23N5O3S/c33-24(29-20-10-5-4-9-19(20)26-30-21-11-6-12-28-27(21)36-26)23-22(17-32-13-15-34-16-14-32)35-25(31-23)18-7-2-1-3-8-18/h1-12H,13-17H2,(H,29,33). The van der Waals surface area contributed by atoms with Crippen LogP contribution in [0.15, 0.2) is 77.3 Å². The Hall–Kier alpha value is -3.92. The number of benzene rings is 2. The van der Waals surface area contributed by atoms with Gasteiger partial charge in [0, 0.05) is 30.4 Å². The number of fused-ring (bicyclic) bond motifs is 1. The fourth-order valence-corrected chi connectivity index (χ4v) is 5.09. The second-order valence-electron chi connectivity index (χ2n) is 8.39. The molecule has 1 fully saturated rings. The number of hydrogen-bond acceptors (Lipinski definition) is 8. The van der Waals surface area contributed by atoms with Crippen molar-refractivity contribution in [3.8, 4) is 22.0 Å². The van der Waals surface area contributed by atoms with Gasteiger partial charge in [-0.15, -0.1) is 0 Å². The van der Waals surface area contributed by atoms with Crippen LogP contribution in [0.5, 0.6) is 0 Å². The van der Waals surface area contributed by atoms with Gasteiger partial charge in [0.05, 0.1) is 25.4 Å². The van der Waals surface area contributed by atoms with Gasteiger partial charge < -0.3 is 14.5 Å². The van der Waals surface area contributed by atoms with Gasteiger partial charge in [0.25, 0.3) is 5.91 Å². The number of carbonyl (C=O) groups is 1. The Balaban J connectivity index is 1.33. The molecule has 36 heavy (non-hydrogen) atoms. The molecule has 0 bridgehead atoms. The first-order chi connectivity index (χ1) is 17.7. The molecule has 9 heteroatoms. The quantitative estimate of drug-likeness (QED) is 0.349. The van der Waals surface area contributed by atoms with Crippen LogP contribution in [0.25, 0.3) is 32.4 Å². The van der Waals surface area contributed by atoms with Gasteiger partial charge in [-0.2, -0.15) is 0 Å². The Morgan fingerprint density at radius 1 is 0.972 bits per heavy atom. The maximum absolute atomic E-state index is 13.6. The maximum Gasteiger partial charge on any atom is 0.278 e. The summed E-state index contributed by atoms with van der Waals surface area (Å²) in [5, 5.41) is 3.84. The number of hydrogen-bond donors (Lipinski definition) is 1. The van der Waals surface area contributed by atoms with Gasteiger partial charge >= 0.3 is 0 Å². The highest BCUT2D eigenvalue weighted by molar-refractivity contribution is 7.21. The largest absolute Gasteiger partial charge is 0.439 e. The van der Waals surface area contributed by atoms with Crippen LogP contribution >= 0.6 is 11.3 Å². The topological polar surface area (TPSA) is 93.4 Å². The monoisotopic (exact) mass is 497 g/mol. The lowest BCUT2D eigenvalue weighted by Gasteiger charge is -2.25. The van der Waals surface area contributed by atoms with E-state index in [1.807, 2.05) is 66.7 Å². The van der Waals surface area contributed by atoms with Crippen LogP contribution in [0, 0.1) is 0 Å². The summed E-state index contributed by atoms with van der Waals surface area (Å²) in [7, 11) is 0. The summed E-state index contributed by atoms with van der Waals surface area (Å²) < 4.78 is 11.6. The molecule has 8 nitrogen and oxygen atoms in total. The Morgan fingerprint density at radius 3 is 2.61 bits per heavy atom. The molecule has 1 aliphatic heterocycles. The summed E-state index contributed by atoms with van der Waals surface area (Å²) in [4.78, 5) is 30.4. The molecule has 180 valence electrons. The summed E-state index contributed by atoms with van der Waals surface area (Å²) in [5.41, 5.74) is 3.41. The third-order valence-electron chi connectivity index (χ3n) is 5.98. The molecule has 0 radical (unpaired) electrons. The Morgan fingerprint density at radius 2 is 1.78 bits per heavy atom. The van der Waals surface area contributed by atoms with Crippen LogP contribution in [0.4, 0.5) is 5.69 Å². The van der Waals surface area contributed by atoms with Crippen molar-refractivity contribution in [3.05, 3.63) is 84.4 Å². The lowest BCUT2D eigenvalue weighted by molar-refractivity contribution is 0.0313. The second kappa shape index (κ2) is 9.98. The van der Waals surface area contributed by atoms with Gasteiger partial charge in [-0.1, -0.05) is 41.7 Å². The number of nitrogens with one attached hydrogen (secondary N) is 1. The van der Waals surface area contributed by atoms with Crippen molar-refractivity contribution in [3.63, 3.8) is 0 Å². The lowest BCUT2D eigenvalue weighted by Crippen LogP contribution is -2.36. The van der Waals surface area contributed by atoms with Crippen LogP contribution < -0.4 is 5.32 Å². The maximum atomic E-state index is 13.6. The van der Waals surface area contributed by atoms with Gasteiger partial charge in [-0.3, -0.25) is 9.69 Å². The smallest absolute Gasteiger partial charge is 0.278 e. The van der Waals surface area contributed by atoms with E-state index in [0.29, 0.717) is 37.1 Å². The van der Waals surface area contributed by atoms with Crippen LogP contribution in [0.3, 0.4) is 0 Å². The normalized spacial score (nSPS) is 14.2. The first-order valence-electron chi connectivity index (χ1n) is 11.7. The van der Waals surface area contributed by atoms with Gasteiger partial charge in [0.1, 0.15) is 15.4 Å². The number of aromatic nitrogens is 3. The molecule has 1 amide bonds. The van der Waals surface area contributed by atoms with E-state index < -0.39 is 0 Å². The lowest BCUT2D eigenvalue weighted by atomic mass is 10.1. The number of thiazole rings is 1. The van der Waals surface area contributed by atoms with Crippen molar-refractivity contribution >= 4 is 33.3 Å². The van der Waals surface area contributed by atoms with E-state index in [4.69, 9.17) is 14.1 Å². The van der Waals surface area contributed by atoms with Gasteiger partial charge in [0.2, 0.25) is 5.89 Å². The van der Waals surface area contributed by atoms with Crippen LogP contribution in [-0.4, -0.2) is 52.1 Å². The SMILES string of the molecule is O=C(Nc1ccccc1-c1nc2cccnc2s1)c1nc(-c2ccccc2)oc1CN1CCOCC1. The van der Waals surface area contributed by atoms with E-state index in [1.54, 1.807) is 6.20 Å². The minimum atomic E-state index is -0.323. The zero-order valence-electron chi connectivity index (χ0n) is 19.4. The number of oxazole rings is 1. The predicted octanol–water partition coefficient (Wildman–Crippen LogP) is 5.10. The summed E-state index contributed by atoms with van der Waals surface area (Å²) >= 11 is 1.49. The number of amides is 1. The van der Waals surface area contributed by atoms with Crippen molar-refractivity contribution in [2.45, 2.75) is 6.54 Å². The average Bonchev–Trinajstić information content (AvgIpc) is 3.55. The Kier molecular flexibility index (Phi) is 6.25. The van der Waals surface area contributed by atoms with Crippen LogP contribution in [0.1, 0.15) is 16.2 Å². The summed E-state index contributed by atoms with van der Waals surface area (Å²) in [6.07, 6.45) is 1.75. The van der Waals surface area contributed by atoms with Crippen LogP contribution in [-0.2, 0) is 11.3 Å². The van der Waals surface area contributed by atoms with E-state index >= 15 is 0 Å². The van der Waals surface area contributed by atoms with Crippen molar-refractivity contribution in [1.29, 1.82) is 0 Å². The average molecular weight is 498 g/mol. The molecule has 1 N–H and O–H groups in total. The van der Waals surface area contributed by atoms with Gasteiger partial charge in [0.15, 0.2) is 11.5 Å². The highest BCUT2D eigenvalue weighted by Gasteiger charge is 2.25. The van der Waals surface area contributed by atoms with E-state index in [1.165, 1.54) is 11.3 Å². The first kappa shape index (κ1) is 22.5. The number of ether oxygens (including phenoxy) is 1. The molecule has 5 aromatic rings. The van der Waals surface area contributed by atoms with E-state index in [9.17, 15) is 4.79 Å². The zero-order chi connectivity index (χ0) is 24.3. The first-order valence-corrected chi connectivity index (χ1v) is 12.5. The molecule has 0 atom stereocenters. The van der Waals surface area contributed by atoms with Crippen molar-refractivity contribution in [2.75, 3.05) is 31.6 Å². The van der Waals surface area contributed by atoms with Gasteiger partial charge in [-0.25, -0.2) is 15.0 Å². The number of carbonyl (C=O) groups excluding carboxylic acids is 1. The number of morpholine rings is 1. The number of nitrogens with zero attached hydrogens (tertiary/aromatic N) is 4. The third kappa shape index (κ3) is 4.64. The molecule has 3 aromatic heterocycles. The molecule has 0 unspecified atom stereocenters. The number of para-hydroxylation sites is 1. The molecule has 1 saturated heterocycles. The number of pyridine rings is 1. The minimum absolute atomic E-state index is 0.279. The van der Waals surface area contributed by atoms with Crippen molar-refractivity contribution < 1.29 is 13.9 Å². The fraction of sp³-hybridized carbons (Fsp3) is 0.185. The van der Waals surface area contributed by atoms with E-state index in [-0.39, 0.29) is 11.6 Å². The molecule has 0 saturated carbocycles. The Bertz CT molecular complexity index is 1480. The predicted molar refractivity (Wildman–Crippen MR) is 139 cm³/mol. The highest BCUT2D eigenvalue weighted by atomic mass is 32.1. The Labute approximate surface area is 211 Å². The molecule has 4 heterocycles. The molecular formula is C27H23N5O3S. The van der Waals surface area contributed by atoms with Crippen molar-refractivity contribution in [2.24, 2.45) is 0 Å². The summed E-state index contributed by atoms with van der Waals surface area (Å²) in [6, 6.07) is 21.0. The second-order valence-corrected chi connectivity index (χ2v) is 9.37. The third-order valence-corrected chi connectivity index (χ3v) is 6.99. The molecule has 6 rings (SSSR count). The summed E-state index contributed by atoms with van der Waals surface area (Å²) in [6.45, 7) is 3.35. The van der Waals surface area contributed by atoms with Crippen molar-refractivity contribution in [1.82, 2.24) is 19.9 Å². The highest BCUT2D eigenvalue weighted by Crippen LogP contribution is 2.34. The van der Waals surface area contributed by atoms with Crippen LogP contribution in [0.2, 0.25) is 0 Å². The molecule has 2 aromatic carbocycles. The molecular weight excluding hydrogens is 474 g/mol. The molecule has 1 aliphatic rings.